The van der Waals surface area contributed by atoms with Crippen LogP contribution in [0.1, 0.15) is 0 Å². The topological polar surface area (TPSA) is 20.2 Å². The summed E-state index contributed by atoms with van der Waals surface area (Å²) in [5, 5.41) is 12.4. The number of fused-ring (bicyclic) bond motifs is 1. The van der Waals surface area contributed by atoms with E-state index in [9.17, 15) is 5.11 Å². The highest BCUT2D eigenvalue weighted by Gasteiger charge is 2.11. The minimum absolute atomic E-state index is 0.306. The van der Waals surface area contributed by atoms with E-state index in [1.54, 1.807) is 6.07 Å². The van der Waals surface area contributed by atoms with Crippen LogP contribution >= 0.6 is 15.9 Å². The highest BCUT2D eigenvalue weighted by Crippen LogP contribution is 2.39. The SMILES string of the molecule is Oc1ccc2ccccc2c1-c1ccccc1Br. The first-order valence-electron chi connectivity index (χ1n) is 5.73. The maximum Gasteiger partial charge on any atom is 0.124 e. The Balaban J connectivity index is 2.42. The molecule has 0 amide bonds. The molecule has 3 rings (SSSR count). The molecule has 2 heteroatoms. The second-order valence-electron chi connectivity index (χ2n) is 4.16. The number of phenols is 1. The Kier molecular flexibility index (Phi) is 2.80. The first kappa shape index (κ1) is 11.3. The van der Waals surface area contributed by atoms with Crippen LogP contribution in [0.15, 0.2) is 65.1 Å². The van der Waals surface area contributed by atoms with E-state index >= 15 is 0 Å². The van der Waals surface area contributed by atoms with Crippen LogP contribution in [-0.4, -0.2) is 5.11 Å². The summed E-state index contributed by atoms with van der Waals surface area (Å²) in [7, 11) is 0. The molecule has 0 aliphatic heterocycles. The van der Waals surface area contributed by atoms with Crippen molar-refractivity contribution in [2.75, 3.05) is 0 Å². The molecular formula is C16H11BrO. The van der Waals surface area contributed by atoms with Crippen molar-refractivity contribution in [2.45, 2.75) is 0 Å². The standard InChI is InChI=1S/C16H11BrO/c17-14-8-4-3-7-13(14)16-12-6-2-1-5-11(12)9-10-15(16)18/h1-10,18H. The van der Waals surface area contributed by atoms with E-state index in [-0.39, 0.29) is 0 Å². The first-order valence-corrected chi connectivity index (χ1v) is 6.52. The third-order valence-corrected chi connectivity index (χ3v) is 3.74. The third-order valence-electron chi connectivity index (χ3n) is 3.05. The lowest BCUT2D eigenvalue weighted by atomic mass is 9.97. The third kappa shape index (κ3) is 1.79. The van der Waals surface area contributed by atoms with Crippen LogP contribution in [0.3, 0.4) is 0 Å². The molecule has 18 heavy (non-hydrogen) atoms. The maximum absolute atomic E-state index is 10.2. The molecule has 0 bridgehead atoms. The van der Waals surface area contributed by atoms with Crippen LogP contribution in [0.2, 0.25) is 0 Å². The van der Waals surface area contributed by atoms with E-state index < -0.39 is 0 Å². The average molecular weight is 299 g/mol. The molecule has 0 unspecified atom stereocenters. The van der Waals surface area contributed by atoms with Crippen molar-refractivity contribution in [3.05, 3.63) is 65.1 Å². The smallest absolute Gasteiger partial charge is 0.124 e. The zero-order valence-electron chi connectivity index (χ0n) is 9.60. The zero-order valence-corrected chi connectivity index (χ0v) is 11.2. The van der Waals surface area contributed by atoms with Gasteiger partial charge < -0.3 is 5.11 Å². The molecule has 0 aliphatic carbocycles. The number of rotatable bonds is 1. The summed E-state index contributed by atoms with van der Waals surface area (Å²) in [6, 6.07) is 19.7. The van der Waals surface area contributed by atoms with Gasteiger partial charge in [0.25, 0.3) is 0 Å². The summed E-state index contributed by atoms with van der Waals surface area (Å²) >= 11 is 3.54. The Bertz CT molecular complexity index is 719. The van der Waals surface area contributed by atoms with E-state index in [0.717, 1.165) is 26.4 Å². The van der Waals surface area contributed by atoms with Crippen molar-refractivity contribution in [3.8, 4) is 16.9 Å². The van der Waals surface area contributed by atoms with Crippen molar-refractivity contribution in [1.29, 1.82) is 0 Å². The molecule has 1 nitrogen and oxygen atoms in total. The number of benzene rings is 3. The van der Waals surface area contributed by atoms with Crippen molar-refractivity contribution in [1.82, 2.24) is 0 Å². The highest BCUT2D eigenvalue weighted by atomic mass is 79.9. The molecule has 0 heterocycles. The Hall–Kier alpha value is -1.80. The van der Waals surface area contributed by atoms with E-state index in [1.807, 2.05) is 48.5 Å². The summed E-state index contributed by atoms with van der Waals surface area (Å²) in [5.74, 6) is 0.306. The molecular weight excluding hydrogens is 288 g/mol. The summed E-state index contributed by atoms with van der Waals surface area (Å²) in [4.78, 5) is 0. The van der Waals surface area contributed by atoms with Crippen molar-refractivity contribution in [3.63, 3.8) is 0 Å². The normalized spacial score (nSPS) is 10.7. The summed E-state index contributed by atoms with van der Waals surface area (Å²) in [5.41, 5.74) is 1.88. The molecule has 0 saturated carbocycles. The van der Waals surface area contributed by atoms with Crippen molar-refractivity contribution in [2.24, 2.45) is 0 Å². The van der Waals surface area contributed by atoms with Crippen LogP contribution in [-0.2, 0) is 0 Å². The molecule has 0 aliphatic rings. The van der Waals surface area contributed by atoms with Gasteiger partial charge in [-0.05, 0) is 22.9 Å². The van der Waals surface area contributed by atoms with E-state index in [4.69, 9.17) is 0 Å². The van der Waals surface area contributed by atoms with Crippen LogP contribution in [0.5, 0.6) is 5.75 Å². The second kappa shape index (κ2) is 4.46. The zero-order chi connectivity index (χ0) is 12.5. The quantitative estimate of drug-likeness (QED) is 0.672. The molecule has 3 aromatic carbocycles. The van der Waals surface area contributed by atoms with Gasteiger partial charge in [0.15, 0.2) is 0 Å². The Morgan fingerprint density at radius 2 is 1.50 bits per heavy atom. The van der Waals surface area contributed by atoms with Gasteiger partial charge in [0.05, 0.1) is 0 Å². The molecule has 0 atom stereocenters. The lowest BCUT2D eigenvalue weighted by Gasteiger charge is -2.11. The fourth-order valence-corrected chi connectivity index (χ4v) is 2.69. The van der Waals surface area contributed by atoms with Gasteiger partial charge in [0.1, 0.15) is 5.75 Å². The molecule has 0 radical (unpaired) electrons. The lowest BCUT2D eigenvalue weighted by Crippen LogP contribution is -1.84. The van der Waals surface area contributed by atoms with Gasteiger partial charge in [-0.2, -0.15) is 0 Å². The fraction of sp³-hybridized carbons (Fsp3) is 0. The van der Waals surface area contributed by atoms with Gasteiger partial charge in [-0.15, -0.1) is 0 Å². The lowest BCUT2D eigenvalue weighted by molar-refractivity contribution is 0.478. The van der Waals surface area contributed by atoms with Crippen LogP contribution in [0, 0.1) is 0 Å². The molecule has 88 valence electrons. The molecule has 0 saturated heterocycles. The number of hydrogen-bond donors (Lipinski definition) is 1. The van der Waals surface area contributed by atoms with Gasteiger partial charge in [0, 0.05) is 15.6 Å². The summed E-state index contributed by atoms with van der Waals surface area (Å²) in [6.07, 6.45) is 0. The Morgan fingerprint density at radius 1 is 0.778 bits per heavy atom. The van der Waals surface area contributed by atoms with Crippen LogP contribution in [0.4, 0.5) is 0 Å². The monoisotopic (exact) mass is 298 g/mol. The fourth-order valence-electron chi connectivity index (χ4n) is 2.21. The second-order valence-corrected chi connectivity index (χ2v) is 5.02. The molecule has 0 aromatic heterocycles. The molecule has 0 spiro atoms. The van der Waals surface area contributed by atoms with Gasteiger partial charge in [-0.3, -0.25) is 0 Å². The minimum atomic E-state index is 0.306. The molecule has 3 aromatic rings. The molecule has 1 N–H and O–H groups in total. The van der Waals surface area contributed by atoms with Gasteiger partial charge in [-0.25, -0.2) is 0 Å². The van der Waals surface area contributed by atoms with Crippen molar-refractivity contribution >= 4 is 26.7 Å². The predicted molar refractivity (Wildman–Crippen MR) is 78.7 cm³/mol. The van der Waals surface area contributed by atoms with E-state index in [1.165, 1.54) is 0 Å². The van der Waals surface area contributed by atoms with Gasteiger partial charge >= 0.3 is 0 Å². The number of hydrogen-bond acceptors (Lipinski definition) is 1. The summed E-state index contributed by atoms with van der Waals surface area (Å²) < 4.78 is 0.983. The van der Waals surface area contributed by atoms with Crippen LogP contribution in [0.25, 0.3) is 21.9 Å². The van der Waals surface area contributed by atoms with E-state index in [2.05, 4.69) is 22.0 Å². The van der Waals surface area contributed by atoms with Crippen molar-refractivity contribution < 1.29 is 5.11 Å². The number of phenolic OH excluding ortho intramolecular Hbond substituents is 1. The maximum atomic E-state index is 10.2. The minimum Gasteiger partial charge on any atom is -0.507 e. The summed E-state index contributed by atoms with van der Waals surface area (Å²) in [6.45, 7) is 0. The van der Waals surface area contributed by atoms with Gasteiger partial charge in [0.2, 0.25) is 0 Å². The largest absolute Gasteiger partial charge is 0.507 e. The number of aromatic hydroxyl groups is 1. The predicted octanol–water partition coefficient (Wildman–Crippen LogP) is 4.97. The van der Waals surface area contributed by atoms with Crippen LogP contribution < -0.4 is 0 Å². The number of halogens is 1. The Labute approximate surface area is 114 Å². The molecule has 0 fully saturated rings. The Morgan fingerprint density at radius 3 is 2.33 bits per heavy atom. The van der Waals surface area contributed by atoms with E-state index in [0.29, 0.717) is 5.75 Å². The highest BCUT2D eigenvalue weighted by molar-refractivity contribution is 9.10. The first-order chi connectivity index (χ1) is 8.77. The van der Waals surface area contributed by atoms with Gasteiger partial charge in [-0.1, -0.05) is 64.5 Å². The average Bonchev–Trinajstić information content (AvgIpc) is 2.40.